The van der Waals surface area contributed by atoms with Gasteiger partial charge in [0.2, 0.25) is 11.8 Å². The molecule has 4 aromatic heterocycles. The Balaban J connectivity index is 1.43. The molecule has 1 fully saturated rings. The Kier molecular flexibility index (Phi) is 7.45. The lowest BCUT2D eigenvalue weighted by atomic mass is 10.1. The number of nitrogens with zero attached hydrogens (tertiary/aromatic N) is 7. The third kappa shape index (κ3) is 5.35. The lowest BCUT2D eigenvalue weighted by molar-refractivity contribution is -0.137. The van der Waals surface area contributed by atoms with Gasteiger partial charge in [0.1, 0.15) is 34.5 Å². The molecule has 206 valence electrons. The molecule has 0 radical (unpaired) electrons. The summed E-state index contributed by atoms with van der Waals surface area (Å²) >= 11 is 3.39. The van der Waals surface area contributed by atoms with Crippen molar-refractivity contribution in [3.63, 3.8) is 0 Å². The third-order valence-corrected chi connectivity index (χ3v) is 7.82. The normalized spacial score (nSPS) is 16.9. The monoisotopic (exact) mass is 604 g/mol. The zero-order valence-corrected chi connectivity index (χ0v) is 24.5. The fourth-order valence-electron chi connectivity index (χ4n) is 5.02. The van der Waals surface area contributed by atoms with Crippen LogP contribution in [-0.4, -0.2) is 64.8 Å². The average Bonchev–Trinajstić information content (AvgIpc) is 3.48. The number of ketones is 1. The third-order valence-electron chi connectivity index (χ3n) is 7.02. The quantitative estimate of drug-likeness (QED) is 0.257. The Morgan fingerprint density at radius 1 is 1.10 bits per heavy atom. The van der Waals surface area contributed by atoms with Crippen LogP contribution < -0.4 is 5.32 Å². The molecule has 1 N–H and O–H groups in total. The van der Waals surface area contributed by atoms with Crippen molar-refractivity contribution in [3.8, 4) is 11.3 Å². The van der Waals surface area contributed by atoms with Crippen LogP contribution in [0.3, 0.4) is 0 Å². The molecule has 0 bridgehead atoms. The predicted octanol–water partition coefficient (Wildman–Crippen LogP) is 4.05. The Labute approximate surface area is 239 Å². The van der Waals surface area contributed by atoms with Crippen molar-refractivity contribution in [2.45, 2.75) is 53.6 Å². The Hall–Kier alpha value is -4.06. The van der Waals surface area contributed by atoms with Crippen LogP contribution in [0.25, 0.3) is 22.2 Å². The number of aryl methyl sites for hydroxylation is 3. The van der Waals surface area contributed by atoms with Gasteiger partial charge in [0.15, 0.2) is 5.78 Å². The fraction of sp³-hybridized carbons (Fsp3) is 0.357. The van der Waals surface area contributed by atoms with E-state index in [1.165, 1.54) is 11.6 Å². The second kappa shape index (κ2) is 10.8. The van der Waals surface area contributed by atoms with Gasteiger partial charge in [0.25, 0.3) is 0 Å². The summed E-state index contributed by atoms with van der Waals surface area (Å²) in [6.07, 6.45) is 3.90. The molecule has 2 amide bonds. The lowest BCUT2D eigenvalue weighted by Crippen LogP contribution is -2.44. The first-order valence-corrected chi connectivity index (χ1v) is 13.7. The molecule has 0 unspecified atom stereocenters. The Morgan fingerprint density at radius 2 is 1.82 bits per heavy atom. The molecule has 40 heavy (non-hydrogen) atoms. The summed E-state index contributed by atoms with van der Waals surface area (Å²) in [5.74, 6) is 0.411. The van der Waals surface area contributed by atoms with E-state index in [0.29, 0.717) is 57.1 Å². The number of likely N-dealkylation sites (tertiary alicyclic amines) is 1. The van der Waals surface area contributed by atoms with Gasteiger partial charge in [0.05, 0.1) is 16.9 Å². The standard InChI is InChI=1S/C28H29BrN8O3/c1-14-8-22(28(40)34-23-7-6-15(2)27(29)33-23)36(12-14)24(39)13-37-26-16(3)32-21(19-10-30-18(5)31-11-19)9-20(26)25(35-37)17(4)38/h6-7,9-11,14,22H,8,12-13H2,1-5H3,(H,33,34,40)/t14-,22+/m1/s1. The van der Waals surface area contributed by atoms with Crippen molar-refractivity contribution in [2.24, 2.45) is 5.92 Å². The second-order valence-corrected chi connectivity index (χ2v) is 11.0. The molecule has 0 spiro atoms. The highest BCUT2D eigenvalue weighted by atomic mass is 79.9. The van der Waals surface area contributed by atoms with E-state index in [9.17, 15) is 14.4 Å². The Morgan fingerprint density at radius 3 is 2.50 bits per heavy atom. The summed E-state index contributed by atoms with van der Waals surface area (Å²) in [6, 6.07) is 4.72. The zero-order valence-electron chi connectivity index (χ0n) is 22.9. The molecule has 0 aliphatic carbocycles. The number of halogens is 1. The molecule has 0 saturated carbocycles. The topological polar surface area (TPSA) is 136 Å². The maximum Gasteiger partial charge on any atom is 0.248 e. The van der Waals surface area contributed by atoms with Gasteiger partial charge >= 0.3 is 0 Å². The van der Waals surface area contributed by atoms with Crippen molar-refractivity contribution >= 4 is 50.2 Å². The molecule has 5 heterocycles. The molecule has 2 atom stereocenters. The zero-order chi connectivity index (χ0) is 28.7. The van der Waals surface area contributed by atoms with Crippen LogP contribution >= 0.6 is 15.9 Å². The molecule has 1 saturated heterocycles. The van der Waals surface area contributed by atoms with Gasteiger partial charge in [-0.25, -0.2) is 15.0 Å². The summed E-state index contributed by atoms with van der Waals surface area (Å²) in [4.78, 5) is 58.5. The maximum atomic E-state index is 13.6. The number of anilines is 1. The van der Waals surface area contributed by atoms with Gasteiger partial charge in [-0.1, -0.05) is 13.0 Å². The van der Waals surface area contributed by atoms with E-state index in [1.54, 1.807) is 36.4 Å². The minimum Gasteiger partial charge on any atom is -0.329 e. The first-order chi connectivity index (χ1) is 19.0. The minimum absolute atomic E-state index is 0.135. The van der Waals surface area contributed by atoms with Crippen LogP contribution in [-0.2, 0) is 16.1 Å². The number of hydrogen-bond acceptors (Lipinski definition) is 8. The van der Waals surface area contributed by atoms with Gasteiger partial charge in [-0.05, 0) is 66.7 Å². The van der Waals surface area contributed by atoms with Gasteiger partial charge in [-0.2, -0.15) is 5.10 Å². The summed E-state index contributed by atoms with van der Waals surface area (Å²) < 4.78 is 2.16. The first-order valence-electron chi connectivity index (χ1n) is 12.9. The van der Waals surface area contributed by atoms with Crippen LogP contribution in [0, 0.1) is 26.7 Å². The van der Waals surface area contributed by atoms with Crippen LogP contribution in [0.4, 0.5) is 5.82 Å². The number of fused-ring (bicyclic) bond motifs is 1. The molecule has 12 heteroatoms. The van der Waals surface area contributed by atoms with Crippen molar-refractivity contribution < 1.29 is 14.4 Å². The minimum atomic E-state index is -0.647. The molecule has 11 nitrogen and oxygen atoms in total. The van der Waals surface area contributed by atoms with Crippen LogP contribution in [0.5, 0.6) is 0 Å². The van der Waals surface area contributed by atoms with E-state index in [0.717, 1.165) is 5.56 Å². The fourth-order valence-corrected chi connectivity index (χ4v) is 5.34. The van der Waals surface area contributed by atoms with Crippen LogP contribution in [0.2, 0.25) is 0 Å². The predicted molar refractivity (Wildman–Crippen MR) is 153 cm³/mol. The molecular weight excluding hydrogens is 576 g/mol. The van der Waals surface area contributed by atoms with Gasteiger partial charge in [-0.3, -0.25) is 24.0 Å². The van der Waals surface area contributed by atoms with E-state index < -0.39 is 6.04 Å². The number of carbonyl (C=O) groups is 3. The number of amides is 2. The summed E-state index contributed by atoms with van der Waals surface area (Å²) in [7, 11) is 0. The van der Waals surface area contributed by atoms with Gasteiger partial charge < -0.3 is 10.2 Å². The summed E-state index contributed by atoms with van der Waals surface area (Å²) in [5.41, 5.74) is 3.73. The van der Waals surface area contributed by atoms with Crippen molar-refractivity contribution in [3.05, 3.63) is 58.0 Å². The molecular formula is C28H29BrN8O3. The average molecular weight is 605 g/mol. The van der Waals surface area contributed by atoms with Crippen LogP contribution in [0.1, 0.15) is 47.8 Å². The van der Waals surface area contributed by atoms with Gasteiger partial charge in [-0.15, -0.1) is 0 Å². The lowest BCUT2D eigenvalue weighted by Gasteiger charge is -2.24. The van der Waals surface area contributed by atoms with E-state index in [2.05, 4.69) is 41.3 Å². The molecule has 1 aliphatic heterocycles. The SMILES string of the molecule is CC(=O)c1nn(CC(=O)N2C[C@H](C)C[C@H]2C(=O)Nc2ccc(C)c(Br)n2)c2c(C)nc(-c3cnc(C)nc3)cc12. The van der Waals surface area contributed by atoms with Crippen molar-refractivity contribution in [1.29, 1.82) is 0 Å². The van der Waals surface area contributed by atoms with E-state index in [1.807, 2.05) is 26.8 Å². The number of hydrogen-bond donors (Lipinski definition) is 1. The highest BCUT2D eigenvalue weighted by Crippen LogP contribution is 2.29. The van der Waals surface area contributed by atoms with E-state index in [4.69, 9.17) is 4.98 Å². The highest BCUT2D eigenvalue weighted by molar-refractivity contribution is 9.10. The van der Waals surface area contributed by atoms with E-state index >= 15 is 0 Å². The second-order valence-electron chi connectivity index (χ2n) is 10.3. The number of nitrogens with one attached hydrogen (secondary N) is 1. The summed E-state index contributed by atoms with van der Waals surface area (Å²) in [6.45, 7) is 9.28. The number of Topliss-reactive ketones (excluding diaryl/α,β-unsaturated/α-hetero) is 1. The Bertz CT molecular complexity index is 1650. The number of rotatable bonds is 6. The van der Waals surface area contributed by atoms with Crippen LogP contribution in [0.15, 0.2) is 35.2 Å². The first kappa shape index (κ1) is 27.5. The maximum absolute atomic E-state index is 13.6. The summed E-state index contributed by atoms with van der Waals surface area (Å²) in [5, 5.41) is 7.96. The van der Waals surface area contributed by atoms with Crippen molar-refractivity contribution in [2.75, 3.05) is 11.9 Å². The smallest absolute Gasteiger partial charge is 0.248 e. The van der Waals surface area contributed by atoms with Gasteiger partial charge in [0, 0.05) is 36.8 Å². The van der Waals surface area contributed by atoms with Crippen molar-refractivity contribution in [1.82, 2.24) is 34.6 Å². The molecule has 5 rings (SSSR count). The molecule has 0 aromatic carbocycles. The highest BCUT2D eigenvalue weighted by Gasteiger charge is 2.38. The number of pyridine rings is 2. The molecule has 4 aromatic rings. The number of carbonyl (C=O) groups excluding carboxylic acids is 3. The number of aromatic nitrogens is 6. The molecule has 1 aliphatic rings. The largest absolute Gasteiger partial charge is 0.329 e. The van der Waals surface area contributed by atoms with E-state index in [-0.39, 0.29) is 35.8 Å².